The van der Waals surface area contributed by atoms with Gasteiger partial charge in [0.05, 0.1) is 27.6 Å². The second-order valence-corrected chi connectivity index (χ2v) is 9.97. The van der Waals surface area contributed by atoms with Gasteiger partial charge in [-0.25, -0.2) is 5.43 Å². The first kappa shape index (κ1) is 26.1. The molecule has 5 aromatic rings. The third kappa shape index (κ3) is 5.84. The molecule has 1 N–H and O–H groups in total. The summed E-state index contributed by atoms with van der Waals surface area (Å²) in [5, 5.41) is 18.3. The zero-order valence-corrected chi connectivity index (χ0v) is 22.3. The van der Waals surface area contributed by atoms with Crippen molar-refractivity contribution < 1.29 is 19.2 Å². The smallest absolute Gasteiger partial charge is 0.281 e. The molecule has 196 valence electrons. The van der Waals surface area contributed by atoms with Crippen LogP contribution >= 0.6 is 22.9 Å². The van der Waals surface area contributed by atoms with Crippen molar-refractivity contribution in [2.24, 2.45) is 5.10 Å². The van der Waals surface area contributed by atoms with Crippen molar-refractivity contribution in [3.63, 3.8) is 0 Å². The van der Waals surface area contributed by atoms with E-state index in [4.69, 9.17) is 21.1 Å². The molecule has 0 aliphatic heterocycles. The first-order valence-electron chi connectivity index (χ1n) is 12.0. The summed E-state index contributed by atoms with van der Waals surface area (Å²) in [6.07, 6.45) is 1.46. The van der Waals surface area contributed by atoms with Crippen molar-refractivity contribution in [2.75, 3.05) is 6.61 Å². The largest absolute Gasteiger partial charge is 0.490 e. The van der Waals surface area contributed by atoms with Crippen LogP contribution in [0.2, 0.25) is 5.02 Å². The molecule has 0 bridgehead atoms. The van der Waals surface area contributed by atoms with E-state index in [0.29, 0.717) is 45.6 Å². The lowest BCUT2D eigenvalue weighted by Gasteiger charge is -2.15. The van der Waals surface area contributed by atoms with Crippen LogP contribution in [0, 0.1) is 10.1 Å². The van der Waals surface area contributed by atoms with E-state index in [-0.39, 0.29) is 5.69 Å². The zero-order valence-electron chi connectivity index (χ0n) is 20.7. The SMILES string of the molecule is CCOc1cc(/C=N\NC(=O)c2cc3cc([N+](=O)[O-])ccc3s2)cc(Cl)c1OCc1cccc2ccccc12. The molecule has 0 saturated heterocycles. The number of hydrogen-bond acceptors (Lipinski definition) is 7. The van der Waals surface area contributed by atoms with Crippen molar-refractivity contribution in [3.8, 4) is 11.5 Å². The van der Waals surface area contributed by atoms with Crippen molar-refractivity contribution >= 4 is 61.6 Å². The van der Waals surface area contributed by atoms with Crippen molar-refractivity contribution in [1.82, 2.24) is 5.43 Å². The van der Waals surface area contributed by atoms with Crippen LogP contribution in [0.5, 0.6) is 11.5 Å². The van der Waals surface area contributed by atoms with Gasteiger partial charge in [-0.3, -0.25) is 14.9 Å². The maximum Gasteiger partial charge on any atom is 0.281 e. The summed E-state index contributed by atoms with van der Waals surface area (Å²) in [6.45, 7) is 2.58. The van der Waals surface area contributed by atoms with Crippen molar-refractivity contribution in [1.29, 1.82) is 0 Å². The number of nitrogens with one attached hydrogen (secondary N) is 1. The van der Waals surface area contributed by atoms with E-state index in [1.807, 2.05) is 31.2 Å². The van der Waals surface area contributed by atoms with Gasteiger partial charge in [0.1, 0.15) is 6.61 Å². The Bertz CT molecular complexity index is 1730. The van der Waals surface area contributed by atoms with Gasteiger partial charge in [0.25, 0.3) is 11.6 Å². The number of hydrazone groups is 1. The Morgan fingerprint density at radius 3 is 2.69 bits per heavy atom. The van der Waals surface area contributed by atoms with Crippen LogP contribution in [-0.4, -0.2) is 23.7 Å². The number of nitrogens with zero attached hydrogens (tertiary/aromatic N) is 2. The minimum atomic E-state index is -0.470. The molecular weight excluding hydrogens is 538 g/mol. The molecule has 5 rings (SSSR count). The van der Waals surface area contributed by atoms with Gasteiger partial charge in [-0.15, -0.1) is 11.3 Å². The van der Waals surface area contributed by atoms with E-state index in [9.17, 15) is 14.9 Å². The minimum Gasteiger partial charge on any atom is -0.490 e. The minimum absolute atomic E-state index is 0.0307. The predicted octanol–water partition coefficient (Wildman–Crippen LogP) is 7.36. The Hall–Kier alpha value is -4.47. The normalized spacial score (nSPS) is 11.2. The van der Waals surface area contributed by atoms with Crippen LogP contribution in [0.25, 0.3) is 20.9 Å². The number of carbonyl (C=O) groups excluding carboxylic acids is 1. The Labute approximate surface area is 232 Å². The first-order chi connectivity index (χ1) is 18.9. The van der Waals surface area contributed by atoms with Crippen LogP contribution in [0.15, 0.2) is 84.0 Å². The summed E-state index contributed by atoms with van der Waals surface area (Å²) in [5.41, 5.74) is 4.08. The molecule has 1 amide bonds. The number of rotatable bonds is 9. The van der Waals surface area contributed by atoms with Gasteiger partial charge in [-0.2, -0.15) is 5.10 Å². The number of fused-ring (bicyclic) bond motifs is 2. The van der Waals surface area contributed by atoms with Crippen LogP contribution < -0.4 is 14.9 Å². The van der Waals surface area contributed by atoms with Crippen molar-refractivity contribution in [3.05, 3.63) is 110 Å². The molecule has 0 spiro atoms. The lowest BCUT2D eigenvalue weighted by Crippen LogP contribution is -2.16. The number of nitro benzene ring substituents is 1. The average Bonchev–Trinajstić information content (AvgIpc) is 3.36. The average molecular weight is 560 g/mol. The summed E-state index contributed by atoms with van der Waals surface area (Å²) in [6, 6.07) is 23.6. The van der Waals surface area contributed by atoms with Crippen LogP contribution in [0.1, 0.15) is 27.7 Å². The first-order valence-corrected chi connectivity index (χ1v) is 13.2. The van der Waals surface area contributed by atoms with Gasteiger partial charge in [-0.05, 0) is 53.1 Å². The van der Waals surface area contributed by atoms with Gasteiger partial charge < -0.3 is 9.47 Å². The van der Waals surface area contributed by atoms with Gasteiger partial charge in [0, 0.05) is 22.2 Å². The molecule has 39 heavy (non-hydrogen) atoms. The third-order valence-corrected chi connectivity index (χ3v) is 7.29. The van der Waals surface area contributed by atoms with E-state index in [1.54, 1.807) is 24.3 Å². The Kier molecular flexibility index (Phi) is 7.72. The second-order valence-electron chi connectivity index (χ2n) is 8.48. The van der Waals surface area contributed by atoms with E-state index < -0.39 is 10.8 Å². The Balaban J connectivity index is 1.30. The zero-order chi connectivity index (χ0) is 27.4. The predicted molar refractivity (Wildman–Crippen MR) is 154 cm³/mol. The lowest BCUT2D eigenvalue weighted by atomic mass is 10.1. The molecule has 1 heterocycles. The molecule has 0 unspecified atom stereocenters. The highest BCUT2D eigenvalue weighted by molar-refractivity contribution is 7.20. The number of ether oxygens (including phenoxy) is 2. The van der Waals surface area contributed by atoms with Crippen LogP contribution in [-0.2, 0) is 6.61 Å². The summed E-state index contributed by atoms with van der Waals surface area (Å²) in [7, 11) is 0. The Morgan fingerprint density at radius 2 is 1.87 bits per heavy atom. The van der Waals surface area contributed by atoms with Gasteiger partial charge in [-0.1, -0.05) is 54.1 Å². The molecule has 8 nitrogen and oxygen atoms in total. The number of carbonyl (C=O) groups is 1. The number of hydrogen-bond donors (Lipinski definition) is 1. The molecule has 0 aliphatic carbocycles. The standard InChI is InChI=1S/C29H22ClN3O5S/c1-2-37-25-13-18(12-24(30)28(25)38-17-20-8-5-7-19-6-3-4-9-23(19)20)16-31-32-29(34)27-15-21-14-22(33(35)36)10-11-26(21)39-27/h3-16H,2,17H2,1H3,(H,32,34)/b31-16-. The van der Waals surface area contributed by atoms with E-state index in [2.05, 4.69) is 28.7 Å². The summed E-state index contributed by atoms with van der Waals surface area (Å²) in [5.74, 6) is 0.456. The molecule has 0 atom stereocenters. The molecule has 0 saturated carbocycles. The van der Waals surface area contributed by atoms with E-state index in [0.717, 1.165) is 21.0 Å². The number of amides is 1. The summed E-state index contributed by atoms with van der Waals surface area (Å²) < 4.78 is 12.7. The molecule has 10 heteroatoms. The highest BCUT2D eigenvalue weighted by Gasteiger charge is 2.15. The quantitative estimate of drug-likeness (QED) is 0.115. The maximum atomic E-state index is 12.6. The molecule has 1 aromatic heterocycles. The Morgan fingerprint density at radius 1 is 1.05 bits per heavy atom. The highest BCUT2D eigenvalue weighted by Crippen LogP contribution is 2.37. The fourth-order valence-corrected chi connectivity index (χ4v) is 5.32. The number of benzene rings is 4. The molecular formula is C29H22ClN3O5S. The summed E-state index contributed by atoms with van der Waals surface area (Å²) >= 11 is 7.80. The number of halogens is 1. The molecule has 0 fully saturated rings. The fraction of sp³-hybridized carbons (Fsp3) is 0.103. The molecule has 0 radical (unpaired) electrons. The second kappa shape index (κ2) is 11.5. The number of nitro groups is 1. The van der Waals surface area contributed by atoms with Gasteiger partial charge in [0.2, 0.25) is 0 Å². The number of non-ortho nitro benzene ring substituents is 1. The third-order valence-electron chi connectivity index (χ3n) is 5.90. The molecule has 0 aliphatic rings. The van der Waals surface area contributed by atoms with E-state index in [1.165, 1.54) is 29.7 Å². The summed E-state index contributed by atoms with van der Waals surface area (Å²) in [4.78, 5) is 23.5. The fourth-order valence-electron chi connectivity index (χ4n) is 4.11. The van der Waals surface area contributed by atoms with E-state index >= 15 is 0 Å². The monoisotopic (exact) mass is 559 g/mol. The highest BCUT2D eigenvalue weighted by atomic mass is 35.5. The number of thiophene rings is 1. The van der Waals surface area contributed by atoms with Gasteiger partial charge in [0.15, 0.2) is 11.5 Å². The maximum absolute atomic E-state index is 12.6. The van der Waals surface area contributed by atoms with Gasteiger partial charge >= 0.3 is 0 Å². The lowest BCUT2D eigenvalue weighted by molar-refractivity contribution is -0.384. The topological polar surface area (TPSA) is 103 Å². The van der Waals surface area contributed by atoms with Crippen LogP contribution in [0.3, 0.4) is 0 Å². The van der Waals surface area contributed by atoms with Crippen molar-refractivity contribution in [2.45, 2.75) is 13.5 Å². The molecule has 4 aromatic carbocycles. The van der Waals surface area contributed by atoms with Crippen LogP contribution in [0.4, 0.5) is 5.69 Å².